The van der Waals surface area contributed by atoms with Gasteiger partial charge in [0.05, 0.1) is 0 Å². The van der Waals surface area contributed by atoms with Crippen molar-refractivity contribution >= 4 is 33.2 Å². The first-order valence-electron chi connectivity index (χ1n) is 7.03. The molecule has 2 amide bonds. The van der Waals surface area contributed by atoms with Crippen LogP contribution in [-0.2, 0) is 9.59 Å². The lowest BCUT2D eigenvalue weighted by molar-refractivity contribution is -0.131. The normalized spacial score (nSPS) is 12.9. The summed E-state index contributed by atoms with van der Waals surface area (Å²) in [6.07, 6.45) is -0.769. The van der Waals surface area contributed by atoms with Crippen LogP contribution in [0.2, 0.25) is 0 Å². The van der Waals surface area contributed by atoms with Crippen LogP contribution in [0.1, 0.15) is 31.8 Å². The Kier molecular flexibility index (Phi) is 4.83. The highest BCUT2D eigenvalue weighted by molar-refractivity contribution is 7.19. The van der Waals surface area contributed by atoms with Crippen molar-refractivity contribution in [3.05, 3.63) is 35.2 Å². The number of thiophene rings is 1. The Bertz CT molecular complexity index is 661. The molecule has 0 bridgehead atoms. The zero-order chi connectivity index (χ0) is 16.3. The van der Waals surface area contributed by atoms with Crippen molar-refractivity contribution in [1.29, 1.82) is 0 Å². The van der Waals surface area contributed by atoms with Gasteiger partial charge < -0.3 is 15.7 Å². The van der Waals surface area contributed by atoms with Crippen LogP contribution in [0.15, 0.2) is 30.3 Å². The predicted octanol–water partition coefficient (Wildman–Crippen LogP) is 1.97. The second-order valence-corrected chi connectivity index (χ2v) is 6.83. The van der Waals surface area contributed by atoms with Crippen LogP contribution < -0.4 is 10.6 Å². The SMILES string of the molecule is CC(=O)NC(C)(C)C(=O)NCC(O)c1cc2ccccc2s1. The molecule has 2 rings (SSSR count). The quantitative estimate of drug-likeness (QED) is 0.788. The summed E-state index contributed by atoms with van der Waals surface area (Å²) in [5, 5.41) is 16.5. The van der Waals surface area contributed by atoms with Crippen molar-refractivity contribution in [2.45, 2.75) is 32.4 Å². The number of aliphatic hydroxyl groups excluding tert-OH is 1. The number of hydrogen-bond donors (Lipinski definition) is 3. The van der Waals surface area contributed by atoms with Crippen molar-refractivity contribution in [3.63, 3.8) is 0 Å². The number of benzene rings is 1. The minimum Gasteiger partial charge on any atom is -0.386 e. The number of amides is 2. The molecule has 22 heavy (non-hydrogen) atoms. The number of hydrogen-bond acceptors (Lipinski definition) is 4. The number of aliphatic hydroxyl groups is 1. The molecule has 0 saturated carbocycles. The molecule has 0 aliphatic rings. The molecule has 0 aliphatic heterocycles. The van der Waals surface area contributed by atoms with E-state index in [1.165, 1.54) is 18.3 Å². The maximum absolute atomic E-state index is 12.1. The molecule has 118 valence electrons. The smallest absolute Gasteiger partial charge is 0.245 e. The van der Waals surface area contributed by atoms with Crippen molar-refractivity contribution in [1.82, 2.24) is 10.6 Å². The monoisotopic (exact) mass is 320 g/mol. The van der Waals surface area contributed by atoms with Gasteiger partial charge in [-0.3, -0.25) is 9.59 Å². The van der Waals surface area contributed by atoms with Gasteiger partial charge in [0.2, 0.25) is 11.8 Å². The fourth-order valence-electron chi connectivity index (χ4n) is 2.17. The third-order valence-corrected chi connectivity index (χ3v) is 4.50. The van der Waals surface area contributed by atoms with Crippen molar-refractivity contribution in [2.75, 3.05) is 6.54 Å². The topological polar surface area (TPSA) is 78.4 Å². The number of nitrogens with one attached hydrogen (secondary N) is 2. The summed E-state index contributed by atoms with van der Waals surface area (Å²) in [5.41, 5.74) is -1.01. The zero-order valence-corrected chi connectivity index (χ0v) is 13.7. The van der Waals surface area contributed by atoms with E-state index in [9.17, 15) is 14.7 Å². The first-order chi connectivity index (χ1) is 10.3. The fraction of sp³-hybridized carbons (Fsp3) is 0.375. The van der Waals surface area contributed by atoms with Gasteiger partial charge in [-0.05, 0) is 31.4 Å². The summed E-state index contributed by atoms with van der Waals surface area (Å²) >= 11 is 1.50. The van der Waals surface area contributed by atoms with Crippen molar-refractivity contribution in [2.24, 2.45) is 0 Å². The molecule has 1 heterocycles. The number of rotatable bonds is 5. The highest BCUT2D eigenvalue weighted by Gasteiger charge is 2.28. The van der Waals surface area contributed by atoms with E-state index >= 15 is 0 Å². The van der Waals surface area contributed by atoms with Crippen LogP contribution in [-0.4, -0.2) is 29.0 Å². The van der Waals surface area contributed by atoms with Gasteiger partial charge in [0.1, 0.15) is 11.6 Å². The summed E-state index contributed by atoms with van der Waals surface area (Å²) in [6, 6.07) is 9.81. The number of carbonyl (C=O) groups is 2. The number of carbonyl (C=O) groups excluding carboxylic acids is 2. The predicted molar refractivity (Wildman–Crippen MR) is 87.7 cm³/mol. The summed E-state index contributed by atoms with van der Waals surface area (Å²) in [6.45, 7) is 4.71. The molecule has 1 unspecified atom stereocenters. The lowest BCUT2D eigenvalue weighted by Crippen LogP contribution is -2.54. The fourth-order valence-corrected chi connectivity index (χ4v) is 3.23. The Labute approximate surface area is 133 Å². The van der Waals surface area contributed by atoms with Gasteiger partial charge in [0, 0.05) is 23.0 Å². The second kappa shape index (κ2) is 6.46. The van der Waals surface area contributed by atoms with Crippen LogP contribution in [0.5, 0.6) is 0 Å². The Balaban J connectivity index is 1.98. The van der Waals surface area contributed by atoms with E-state index in [0.29, 0.717) is 0 Å². The number of fused-ring (bicyclic) bond motifs is 1. The Morgan fingerprint density at radius 2 is 2.00 bits per heavy atom. The van der Waals surface area contributed by atoms with E-state index in [-0.39, 0.29) is 18.4 Å². The van der Waals surface area contributed by atoms with Gasteiger partial charge >= 0.3 is 0 Å². The molecule has 1 aromatic heterocycles. The first kappa shape index (κ1) is 16.5. The molecule has 0 saturated heterocycles. The average molecular weight is 320 g/mol. The van der Waals surface area contributed by atoms with Gasteiger partial charge in [-0.15, -0.1) is 11.3 Å². The maximum Gasteiger partial charge on any atom is 0.245 e. The molecule has 0 radical (unpaired) electrons. The molecule has 0 spiro atoms. The molecule has 3 N–H and O–H groups in total. The maximum atomic E-state index is 12.1. The van der Waals surface area contributed by atoms with E-state index in [0.717, 1.165) is 15.0 Å². The largest absolute Gasteiger partial charge is 0.386 e. The molecule has 1 atom stereocenters. The van der Waals surface area contributed by atoms with E-state index < -0.39 is 11.6 Å². The van der Waals surface area contributed by atoms with Crippen LogP contribution >= 0.6 is 11.3 Å². The summed E-state index contributed by atoms with van der Waals surface area (Å²) in [7, 11) is 0. The molecular formula is C16H20N2O3S. The van der Waals surface area contributed by atoms with Crippen molar-refractivity contribution in [3.8, 4) is 0 Å². The molecule has 0 aliphatic carbocycles. The molecule has 6 heteroatoms. The zero-order valence-electron chi connectivity index (χ0n) is 12.8. The summed E-state index contributed by atoms with van der Waals surface area (Å²) in [4.78, 5) is 24.0. The Morgan fingerprint density at radius 1 is 1.32 bits per heavy atom. The van der Waals surface area contributed by atoms with E-state index in [4.69, 9.17) is 0 Å². The minimum absolute atomic E-state index is 0.106. The highest BCUT2D eigenvalue weighted by Crippen LogP contribution is 2.29. The van der Waals surface area contributed by atoms with E-state index in [2.05, 4.69) is 10.6 Å². The van der Waals surface area contributed by atoms with Gasteiger partial charge in [-0.25, -0.2) is 0 Å². The third kappa shape index (κ3) is 3.84. The van der Waals surface area contributed by atoms with Gasteiger partial charge in [-0.2, -0.15) is 0 Å². The summed E-state index contributed by atoms with van der Waals surface area (Å²) < 4.78 is 1.10. The molecular weight excluding hydrogens is 300 g/mol. The Hall–Kier alpha value is -1.92. The minimum atomic E-state index is -1.01. The van der Waals surface area contributed by atoms with Gasteiger partial charge in [-0.1, -0.05) is 18.2 Å². The van der Waals surface area contributed by atoms with E-state index in [1.807, 2.05) is 30.3 Å². The summed E-state index contributed by atoms with van der Waals surface area (Å²) in [5.74, 6) is -0.604. The molecule has 2 aromatic rings. The highest BCUT2D eigenvalue weighted by atomic mass is 32.1. The molecule has 1 aromatic carbocycles. The average Bonchev–Trinajstić information content (AvgIpc) is 2.86. The van der Waals surface area contributed by atoms with Crippen LogP contribution in [0, 0.1) is 0 Å². The van der Waals surface area contributed by atoms with Gasteiger partial charge in [0.15, 0.2) is 0 Å². The van der Waals surface area contributed by atoms with Gasteiger partial charge in [0.25, 0.3) is 0 Å². The van der Waals surface area contributed by atoms with Crippen LogP contribution in [0.25, 0.3) is 10.1 Å². The molecule has 5 nitrogen and oxygen atoms in total. The Morgan fingerprint density at radius 3 is 2.64 bits per heavy atom. The lowest BCUT2D eigenvalue weighted by atomic mass is 10.0. The first-order valence-corrected chi connectivity index (χ1v) is 7.85. The second-order valence-electron chi connectivity index (χ2n) is 5.72. The van der Waals surface area contributed by atoms with E-state index in [1.54, 1.807) is 13.8 Å². The standard InChI is InChI=1S/C16H20N2O3S/c1-10(19)18-16(2,3)15(21)17-9-12(20)14-8-11-6-4-5-7-13(11)22-14/h4-8,12,20H,9H2,1-3H3,(H,17,21)(H,18,19). The lowest BCUT2D eigenvalue weighted by Gasteiger charge is -2.25. The molecule has 0 fully saturated rings. The van der Waals surface area contributed by atoms with Crippen LogP contribution in [0.3, 0.4) is 0 Å². The van der Waals surface area contributed by atoms with Crippen molar-refractivity contribution < 1.29 is 14.7 Å². The van der Waals surface area contributed by atoms with Crippen LogP contribution in [0.4, 0.5) is 0 Å². The third-order valence-electron chi connectivity index (χ3n) is 3.29.